The average Bonchev–Trinajstić information content (AvgIpc) is 3.19. The number of hydrogen-bond donors (Lipinski definition) is 0. The Kier molecular flexibility index (Phi) is 6.85. The van der Waals surface area contributed by atoms with Crippen molar-refractivity contribution in [2.75, 3.05) is 39.2 Å². The highest BCUT2D eigenvalue weighted by Gasteiger charge is 2.27. The molecular formula is C22H25N3O5S2. The molecule has 0 saturated carbocycles. The molecule has 1 aliphatic rings. The minimum atomic E-state index is -3.60. The maximum absolute atomic E-state index is 13.0. The van der Waals surface area contributed by atoms with Gasteiger partial charge in [-0.2, -0.15) is 4.31 Å². The van der Waals surface area contributed by atoms with Crippen LogP contribution in [0.4, 0.5) is 0 Å². The Bertz CT molecular complexity index is 1230. The lowest BCUT2D eigenvalue weighted by molar-refractivity contribution is 0.0730. The van der Waals surface area contributed by atoms with E-state index in [0.717, 1.165) is 5.52 Å². The molecule has 0 aliphatic carbocycles. The van der Waals surface area contributed by atoms with Gasteiger partial charge in [-0.15, -0.1) is 0 Å². The lowest BCUT2D eigenvalue weighted by atomic mass is 10.1. The third-order valence-electron chi connectivity index (χ3n) is 5.35. The van der Waals surface area contributed by atoms with E-state index in [2.05, 4.69) is 4.98 Å². The van der Waals surface area contributed by atoms with Crippen LogP contribution in [-0.2, 0) is 21.3 Å². The number of fused-ring (bicyclic) bond motifs is 1. The molecule has 0 atom stereocenters. The number of benzene rings is 2. The summed E-state index contributed by atoms with van der Waals surface area (Å²) in [6.45, 7) is 4.12. The van der Waals surface area contributed by atoms with E-state index in [9.17, 15) is 13.2 Å². The van der Waals surface area contributed by atoms with Gasteiger partial charge in [0.2, 0.25) is 10.0 Å². The molecule has 4 rings (SSSR count). The zero-order valence-corrected chi connectivity index (χ0v) is 19.6. The van der Waals surface area contributed by atoms with Crippen molar-refractivity contribution in [3.05, 3.63) is 48.0 Å². The van der Waals surface area contributed by atoms with Crippen molar-refractivity contribution in [2.24, 2.45) is 0 Å². The third kappa shape index (κ3) is 4.40. The number of thioether (sulfide) groups is 1. The molecule has 32 heavy (non-hydrogen) atoms. The Balaban J connectivity index is 1.59. The fourth-order valence-electron chi connectivity index (χ4n) is 3.68. The van der Waals surface area contributed by atoms with Crippen LogP contribution in [0.1, 0.15) is 17.3 Å². The van der Waals surface area contributed by atoms with E-state index in [-0.39, 0.29) is 16.4 Å². The number of aryl methyl sites for hydroxylation is 1. The largest absolute Gasteiger partial charge is 0.496 e. The highest BCUT2D eigenvalue weighted by molar-refractivity contribution is 7.99. The Morgan fingerprint density at radius 1 is 1.19 bits per heavy atom. The van der Waals surface area contributed by atoms with Crippen LogP contribution in [0.15, 0.2) is 52.5 Å². The summed E-state index contributed by atoms with van der Waals surface area (Å²) in [6.07, 6.45) is 0. The fraction of sp³-hybridized carbons (Fsp3) is 0.364. The number of ether oxygens (including phenoxy) is 2. The Morgan fingerprint density at radius 2 is 1.94 bits per heavy atom. The number of methoxy groups -OCH3 is 1. The van der Waals surface area contributed by atoms with Gasteiger partial charge in [0.1, 0.15) is 5.75 Å². The summed E-state index contributed by atoms with van der Waals surface area (Å²) < 4.78 is 40.0. The third-order valence-corrected chi connectivity index (χ3v) is 8.22. The molecule has 1 saturated heterocycles. The van der Waals surface area contributed by atoms with Crippen LogP contribution < -0.4 is 4.74 Å². The van der Waals surface area contributed by atoms with Crippen molar-refractivity contribution in [1.82, 2.24) is 13.9 Å². The van der Waals surface area contributed by atoms with Gasteiger partial charge in [-0.05, 0) is 37.3 Å². The summed E-state index contributed by atoms with van der Waals surface area (Å²) in [6, 6.07) is 12.1. The number of Topliss-reactive ketones (excluding diaryl/α,β-unsaturated/α-hetero) is 1. The van der Waals surface area contributed by atoms with E-state index in [1.54, 1.807) is 36.4 Å². The van der Waals surface area contributed by atoms with E-state index < -0.39 is 10.0 Å². The minimum absolute atomic E-state index is 0.0576. The Morgan fingerprint density at radius 3 is 2.66 bits per heavy atom. The molecule has 0 radical (unpaired) electrons. The van der Waals surface area contributed by atoms with E-state index in [0.29, 0.717) is 54.8 Å². The number of nitrogens with zero attached hydrogens (tertiary/aromatic N) is 3. The summed E-state index contributed by atoms with van der Waals surface area (Å²) in [4.78, 5) is 17.6. The second-order valence-corrected chi connectivity index (χ2v) is 10.1. The molecule has 2 heterocycles. The van der Waals surface area contributed by atoms with Crippen molar-refractivity contribution in [3.63, 3.8) is 0 Å². The first-order valence-corrected chi connectivity index (χ1v) is 12.8. The number of para-hydroxylation sites is 1. The number of carbonyl (C=O) groups excluding carboxylic acids is 1. The van der Waals surface area contributed by atoms with E-state index in [4.69, 9.17) is 9.47 Å². The van der Waals surface area contributed by atoms with Gasteiger partial charge in [0, 0.05) is 19.6 Å². The zero-order chi connectivity index (χ0) is 22.7. The van der Waals surface area contributed by atoms with E-state index >= 15 is 0 Å². The standard InChI is InChI=1S/C22H25N3O5S2/c1-3-25-19-9-8-16(32(27,28)24-10-12-30-13-11-24)14-18(19)23-22(25)31-15-20(26)17-6-4-5-7-21(17)29-2/h4-9,14H,3,10-13,15H2,1-2H3. The highest BCUT2D eigenvalue weighted by Crippen LogP contribution is 2.29. The smallest absolute Gasteiger partial charge is 0.243 e. The molecule has 1 aliphatic heterocycles. The van der Waals surface area contributed by atoms with Crippen molar-refractivity contribution in [2.45, 2.75) is 23.5 Å². The molecule has 8 nitrogen and oxygen atoms in total. The Hall–Kier alpha value is -2.40. The summed E-state index contributed by atoms with van der Waals surface area (Å²) in [5.74, 6) is 0.681. The maximum atomic E-state index is 13.0. The van der Waals surface area contributed by atoms with Gasteiger partial charge in [-0.1, -0.05) is 23.9 Å². The van der Waals surface area contributed by atoms with Gasteiger partial charge in [0.25, 0.3) is 0 Å². The topological polar surface area (TPSA) is 90.7 Å². The van der Waals surface area contributed by atoms with Crippen molar-refractivity contribution in [1.29, 1.82) is 0 Å². The average molecular weight is 476 g/mol. The van der Waals surface area contributed by atoms with Crippen molar-refractivity contribution < 1.29 is 22.7 Å². The first-order chi connectivity index (χ1) is 15.5. The minimum Gasteiger partial charge on any atom is -0.496 e. The van der Waals surface area contributed by atoms with E-state index in [1.165, 1.54) is 23.2 Å². The monoisotopic (exact) mass is 475 g/mol. The number of hydrogen-bond acceptors (Lipinski definition) is 7. The molecule has 10 heteroatoms. The number of sulfonamides is 1. The predicted molar refractivity (Wildman–Crippen MR) is 123 cm³/mol. The SMILES string of the molecule is CCn1c(SCC(=O)c2ccccc2OC)nc2cc(S(=O)(=O)N3CCOCC3)ccc21. The molecule has 0 bridgehead atoms. The number of ketones is 1. The van der Waals surface area contributed by atoms with Gasteiger partial charge >= 0.3 is 0 Å². The fourth-order valence-corrected chi connectivity index (χ4v) is 6.07. The van der Waals surface area contributed by atoms with E-state index in [1.807, 2.05) is 17.6 Å². The van der Waals surface area contributed by atoms with Crippen LogP contribution in [-0.4, -0.2) is 67.2 Å². The second kappa shape index (κ2) is 9.62. The normalized spacial score (nSPS) is 15.2. The lowest BCUT2D eigenvalue weighted by Crippen LogP contribution is -2.40. The quantitative estimate of drug-likeness (QED) is 0.365. The van der Waals surface area contributed by atoms with Crippen molar-refractivity contribution in [3.8, 4) is 5.75 Å². The molecule has 170 valence electrons. The summed E-state index contributed by atoms with van der Waals surface area (Å²) >= 11 is 1.33. The summed E-state index contributed by atoms with van der Waals surface area (Å²) in [5, 5.41) is 0.673. The van der Waals surface area contributed by atoms with Crippen LogP contribution in [0.25, 0.3) is 11.0 Å². The van der Waals surface area contributed by atoms with Gasteiger partial charge in [-0.25, -0.2) is 13.4 Å². The van der Waals surface area contributed by atoms with Crippen LogP contribution in [0.3, 0.4) is 0 Å². The number of carbonyl (C=O) groups is 1. The number of imidazole rings is 1. The zero-order valence-electron chi connectivity index (χ0n) is 18.0. The van der Waals surface area contributed by atoms with Gasteiger partial charge in [0.15, 0.2) is 10.9 Å². The molecule has 1 fully saturated rings. The Labute approximate surface area is 191 Å². The van der Waals surface area contributed by atoms with Gasteiger partial charge < -0.3 is 14.0 Å². The maximum Gasteiger partial charge on any atom is 0.243 e. The van der Waals surface area contributed by atoms with Crippen LogP contribution in [0.2, 0.25) is 0 Å². The van der Waals surface area contributed by atoms with Crippen molar-refractivity contribution >= 4 is 38.6 Å². The first kappa shape index (κ1) is 22.8. The lowest BCUT2D eigenvalue weighted by Gasteiger charge is -2.26. The highest BCUT2D eigenvalue weighted by atomic mass is 32.2. The van der Waals surface area contributed by atoms with Crippen LogP contribution in [0, 0.1) is 0 Å². The molecule has 2 aromatic carbocycles. The molecule has 0 unspecified atom stereocenters. The molecule has 1 aromatic heterocycles. The van der Waals surface area contributed by atoms with Gasteiger partial charge in [-0.3, -0.25) is 4.79 Å². The number of morpholine rings is 1. The number of aromatic nitrogens is 2. The molecule has 0 N–H and O–H groups in total. The second-order valence-electron chi connectivity index (χ2n) is 7.22. The molecular weight excluding hydrogens is 450 g/mol. The van der Waals surface area contributed by atoms with Gasteiger partial charge in [0.05, 0.1) is 47.6 Å². The first-order valence-electron chi connectivity index (χ1n) is 10.3. The van der Waals surface area contributed by atoms with Crippen LogP contribution in [0.5, 0.6) is 5.75 Å². The molecule has 0 amide bonds. The predicted octanol–water partition coefficient (Wildman–Crippen LogP) is 3.06. The summed E-state index contributed by atoms with van der Waals surface area (Å²) in [7, 11) is -2.06. The number of rotatable bonds is 8. The van der Waals surface area contributed by atoms with Crippen LogP contribution >= 0.6 is 11.8 Å². The molecule has 3 aromatic rings. The summed E-state index contributed by atoms with van der Waals surface area (Å²) in [5.41, 5.74) is 1.95. The molecule has 0 spiro atoms.